The summed E-state index contributed by atoms with van der Waals surface area (Å²) in [6.07, 6.45) is 5.36. The number of nitrogens with one attached hydrogen (secondary N) is 1. The van der Waals surface area contributed by atoms with Gasteiger partial charge in [0.2, 0.25) is 0 Å². The van der Waals surface area contributed by atoms with Gasteiger partial charge in [-0.2, -0.15) is 0 Å². The molecule has 2 heterocycles. The smallest absolute Gasteiger partial charge is 0.251 e. The van der Waals surface area contributed by atoms with Crippen LogP contribution in [0, 0.1) is 0 Å². The third kappa shape index (κ3) is 3.84. The molecule has 23 heavy (non-hydrogen) atoms. The first-order valence-corrected chi connectivity index (χ1v) is 7.99. The van der Waals surface area contributed by atoms with E-state index in [1.54, 1.807) is 24.5 Å². The Labute approximate surface area is 142 Å². The Kier molecular flexibility index (Phi) is 4.83. The minimum Gasteiger partial charge on any atom is -0.350 e. The van der Waals surface area contributed by atoms with Crippen LogP contribution in [0.3, 0.4) is 0 Å². The average molecular weight is 371 g/mol. The molecule has 0 aliphatic rings. The van der Waals surface area contributed by atoms with E-state index >= 15 is 0 Å². The van der Waals surface area contributed by atoms with Crippen molar-refractivity contribution in [2.24, 2.45) is 0 Å². The highest BCUT2D eigenvalue weighted by Gasteiger charge is 2.08. The number of pyridine rings is 1. The number of aromatic nitrogens is 3. The molecule has 0 saturated carbocycles. The normalized spacial score (nSPS) is 10.5. The van der Waals surface area contributed by atoms with E-state index in [0.29, 0.717) is 18.7 Å². The van der Waals surface area contributed by atoms with Gasteiger partial charge in [-0.05, 0) is 30.3 Å². The summed E-state index contributed by atoms with van der Waals surface area (Å²) < 4.78 is 2.86. The standard InChI is InChI=1S/C17H15BrN4O/c18-14-5-3-4-13(12-14)17(23)21-9-11-22-10-8-20-16(22)15-6-1-2-7-19-15/h1-8,10,12H,9,11H2,(H,21,23). The fraction of sp³-hybridized carbons (Fsp3) is 0.118. The lowest BCUT2D eigenvalue weighted by atomic mass is 10.2. The Morgan fingerprint density at radius 1 is 1.13 bits per heavy atom. The van der Waals surface area contributed by atoms with Crippen LogP contribution in [0.1, 0.15) is 10.4 Å². The molecule has 0 saturated heterocycles. The number of hydrogen-bond donors (Lipinski definition) is 1. The van der Waals surface area contributed by atoms with Crippen molar-refractivity contribution >= 4 is 21.8 Å². The topological polar surface area (TPSA) is 59.8 Å². The van der Waals surface area contributed by atoms with Gasteiger partial charge in [0, 0.05) is 41.7 Å². The number of imidazole rings is 1. The molecule has 0 fully saturated rings. The van der Waals surface area contributed by atoms with Gasteiger partial charge in [-0.3, -0.25) is 9.78 Å². The number of hydrogen-bond acceptors (Lipinski definition) is 3. The zero-order valence-corrected chi connectivity index (χ0v) is 13.9. The van der Waals surface area contributed by atoms with Crippen LogP contribution in [-0.2, 0) is 6.54 Å². The molecule has 3 rings (SSSR count). The van der Waals surface area contributed by atoms with E-state index in [-0.39, 0.29) is 5.91 Å². The minimum absolute atomic E-state index is 0.0919. The number of halogens is 1. The lowest BCUT2D eigenvalue weighted by Crippen LogP contribution is -2.27. The highest BCUT2D eigenvalue weighted by Crippen LogP contribution is 2.14. The van der Waals surface area contributed by atoms with Gasteiger partial charge in [0.05, 0.1) is 0 Å². The summed E-state index contributed by atoms with van der Waals surface area (Å²) in [7, 11) is 0. The first-order chi connectivity index (χ1) is 11.2. The summed E-state index contributed by atoms with van der Waals surface area (Å²) in [6.45, 7) is 1.15. The Morgan fingerprint density at radius 3 is 2.83 bits per heavy atom. The van der Waals surface area contributed by atoms with Crippen LogP contribution in [0.4, 0.5) is 0 Å². The van der Waals surface area contributed by atoms with Gasteiger partial charge in [0.1, 0.15) is 5.69 Å². The number of benzene rings is 1. The Hall–Kier alpha value is -2.47. The molecule has 2 aromatic heterocycles. The molecule has 0 unspecified atom stereocenters. The quantitative estimate of drug-likeness (QED) is 0.750. The lowest BCUT2D eigenvalue weighted by molar-refractivity contribution is 0.0952. The second kappa shape index (κ2) is 7.19. The second-order valence-corrected chi connectivity index (χ2v) is 5.84. The summed E-state index contributed by atoms with van der Waals surface area (Å²) in [6, 6.07) is 13.0. The van der Waals surface area contributed by atoms with E-state index in [2.05, 4.69) is 31.2 Å². The van der Waals surface area contributed by atoms with E-state index in [9.17, 15) is 4.79 Å². The van der Waals surface area contributed by atoms with Crippen molar-refractivity contribution in [2.45, 2.75) is 6.54 Å². The van der Waals surface area contributed by atoms with Crippen molar-refractivity contribution in [3.63, 3.8) is 0 Å². The van der Waals surface area contributed by atoms with Crippen molar-refractivity contribution in [1.82, 2.24) is 19.9 Å². The summed E-state index contributed by atoms with van der Waals surface area (Å²) in [4.78, 5) is 20.8. The Balaban J connectivity index is 1.62. The van der Waals surface area contributed by atoms with Gasteiger partial charge in [-0.15, -0.1) is 0 Å². The van der Waals surface area contributed by atoms with E-state index in [1.807, 2.05) is 41.1 Å². The van der Waals surface area contributed by atoms with E-state index in [4.69, 9.17) is 0 Å². The van der Waals surface area contributed by atoms with Gasteiger partial charge in [0.15, 0.2) is 5.82 Å². The van der Waals surface area contributed by atoms with E-state index in [1.165, 1.54) is 0 Å². The minimum atomic E-state index is -0.0919. The van der Waals surface area contributed by atoms with Gasteiger partial charge < -0.3 is 9.88 Å². The highest BCUT2D eigenvalue weighted by molar-refractivity contribution is 9.10. The summed E-state index contributed by atoms with van der Waals surface area (Å²) in [5.74, 6) is 0.702. The fourth-order valence-electron chi connectivity index (χ4n) is 2.24. The van der Waals surface area contributed by atoms with Gasteiger partial charge in [0.25, 0.3) is 5.91 Å². The SMILES string of the molecule is O=C(NCCn1ccnc1-c1ccccn1)c1cccc(Br)c1. The van der Waals surface area contributed by atoms with Crippen molar-refractivity contribution in [3.8, 4) is 11.5 Å². The molecule has 0 spiro atoms. The first kappa shape index (κ1) is 15.4. The molecule has 0 aliphatic carbocycles. The summed E-state index contributed by atoms with van der Waals surface area (Å²) >= 11 is 3.37. The van der Waals surface area contributed by atoms with Gasteiger partial charge >= 0.3 is 0 Å². The Bertz CT molecular complexity index is 801. The number of nitrogens with zero attached hydrogens (tertiary/aromatic N) is 3. The molecular formula is C17H15BrN4O. The molecule has 5 nitrogen and oxygen atoms in total. The van der Waals surface area contributed by atoms with Crippen LogP contribution in [0.2, 0.25) is 0 Å². The molecule has 116 valence electrons. The molecule has 1 aromatic carbocycles. The van der Waals surface area contributed by atoms with Crippen LogP contribution < -0.4 is 5.32 Å². The first-order valence-electron chi connectivity index (χ1n) is 7.20. The molecule has 0 radical (unpaired) electrons. The predicted molar refractivity (Wildman–Crippen MR) is 91.9 cm³/mol. The van der Waals surface area contributed by atoms with Gasteiger partial charge in [-0.1, -0.05) is 28.1 Å². The lowest BCUT2D eigenvalue weighted by Gasteiger charge is -2.09. The summed E-state index contributed by atoms with van der Waals surface area (Å²) in [5.41, 5.74) is 1.45. The maximum Gasteiger partial charge on any atom is 0.251 e. The summed E-state index contributed by atoms with van der Waals surface area (Å²) in [5, 5.41) is 2.91. The van der Waals surface area contributed by atoms with Crippen LogP contribution in [0.15, 0.2) is 65.5 Å². The van der Waals surface area contributed by atoms with Crippen LogP contribution >= 0.6 is 15.9 Å². The van der Waals surface area contributed by atoms with Gasteiger partial charge in [-0.25, -0.2) is 4.98 Å². The van der Waals surface area contributed by atoms with Crippen molar-refractivity contribution < 1.29 is 4.79 Å². The monoisotopic (exact) mass is 370 g/mol. The average Bonchev–Trinajstić information content (AvgIpc) is 3.04. The predicted octanol–water partition coefficient (Wildman–Crippen LogP) is 3.14. The Morgan fingerprint density at radius 2 is 2.04 bits per heavy atom. The molecule has 0 aliphatic heterocycles. The van der Waals surface area contributed by atoms with E-state index in [0.717, 1.165) is 16.0 Å². The second-order valence-electron chi connectivity index (χ2n) is 4.93. The largest absolute Gasteiger partial charge is 0.350 e. The third-order valence-corrected chi connectivity index (χ3v) is 3.83. The molecule has 1 amide bonds. The zero-order chi connectivity index (χ0) is 16.1. The highest BCUT2D eigenvalue weighted by atomic mass is 79.9. The zero-order valence-electron chi connectivity index (χ0n) is 12.3. The number of amides is 1. The number of rotatable bonds is 5. The maximum atomic E-state index is 12.1. The van der Waals surface area contributed by atoms with Crippen LogP contribution in [0.5, 0.6) is 0 Å². The number of carbonyl (C=O) groups is 1. The van der Waals surface area contributed by atoms with Crippen molar-refractivity contribution in [3.05, 3.63) is 71.1 Å². The van der Waals surface area contributed by atoms with Crippen molar-refractivity contribution in [2.75, 3.05) is 6.54 Å². The third-order valence-electron chi connectivity index (χ3n) is 3.33. The molecule has 6 heteroatoms. The molecule has 0 bridgehead atoms. The number of carbonyl (C=O) groups excluding carboxylic acids is 1. The fourth-order valence-corrected chi connectivity index (χ4v) is 2.64. The van der Waals surface area contributed by atoms with Crippen molar-refractivity contribution in [1.29, 1.82) is 0 Å². The van der Waals surface area contributed by atoms with Crippen LogP contribution in [-0.4, -0.2) is 27.0 Å². The molecule has 1 N–H and O–H groups in total. The van der Waals surface area contributed by atoms with E-state index < -0.39 is 0 Å². The molecule has 3 aromatic rings. The van der Waals surface area contributed by atoms with Crippen LogP contribution in [0.25, 0.3) is 11.5 Å². The maximum absolute atomic E-state index is 12.1. The molecular weight excluding hydrogens is 356 g/mol. The molecule has 0 atom stereocenters.